The number of furan rings is 1. The lowest BCUT2D eigenvalue weighted by Gasteiger charge is -2.29. The summed E-state index contributed by atoms with van der Waals surface area (Å²) >= 11 is 0. The molecule has 0 fully saturated rings. The molecule has 2 aromatic rings. The maximum absolute atomic E-state index is 11.8. The van der Waals surface area contributed by atoms with Crippen molar-refractivity contribution in [2.75, 3.05) is 0 Å². The quantitative estimate of drug-likeness (QED) is 0.910. The average Bonchev–Trinajstić information content (AvgIpc) is 3.00. The van der Waals surface area contributed by atoms with E-state index in [2.05, 4.69) is 10.3 Å². The maximum Gasteiger partial charge on any atom is 0.334 e. The lowest BCUT2D eigenvalue weighted by Crippen LogP contribution is -2.27. The Balaban J connectivity index is 2.22. The summed E-state index contributed by atoms with van der Waals surface area (Å²) in [5.74, 6) is -0.810. The zero-order valence-electron chi connectivity index (χ0n) is 12.3. The summed E-state index contributed by atoms with van der Waals surface area (Å²) in [5, 5.41) is 12.8. The molecular formula is C17H16N2O3. The highest BCUT2D eigenvalue weighted by Gasteiger charge is 2.35. The summed E-state index contributed by atoms with van der Waals surface area (Å²) < 4.78 is 5.52. The van der Waals surface area contributed by atoms with Crippen LogP contribution in [0.25, 0.3) is 5.57 Å². The topological polar surface area (TPSA) is 75.4 Å². The summed E-state index contributed by atoms with van der Waals surface area (Å²) in [4.78, 5) is 15.9. The number of nitrogens with zero attached hydrogens (tertiary/aromatic N) is 1. The summed E-state index contributed by atoms with van der Waals surface area (Å²) in [6, 6.07) is 7.32. The first-order valence-corrected chi connectivity index (χ1v) is 6.95. The molecule has 0 saturated carbocycles. The molecule has 0 aromatic carbocycles. The van der Waals surface area contributed by atoms with Crippen LogP contribution in [0.5, 0.6) is 0 Å². The molecule has 1 aliphatic heterocycles. The Kier molecular flexibility index (Phi) is 3.55. The van der Waals surface area contributed by atoms with E-state index >= 15 is 0 Å². The molecule has 3 rings (SSSR count). The van der Waals surface area contributed by atoms with Crippen LogP contribution < -0.4 is 5.32 Å². The van der Waals surface area contributed by atoms with E-state index in [1.54, 1.807) is 37.7 Å². The normalized spacial score (nSPS) is 18.4. The second-order valence-electron chi connectivity index (χ2n) is 5.20. The van der Waals surface area contributed by atoms with Gasteiger partial charge in [0.05, 0.1) is 17.8 Å². The van der Waals surface area contributed by atoms with Crippen LogP contribution in [0.1, 0.15) is 31.1 Å². The standard InChI is InChI=1S/C17H16N2O3/c1-10-14(12-5-3-7-18-9-12)16(13-6-4-8-22-13)15(17(20)21)11(2)19-10/h3-9,16,19H,1-2H3,(H,20,21). The van der Waals surface area contributed by atoms with E-state index in [-0.39, 0.29) is 0 Å². The number of hydrogen-bond acceptors (Lipinski definition) is 4. The maximum atomic E-state index is 11.8. The van der Waals surface area contributed by atoms with Crippen molar-refractivity contribution in [3.8, 4) is 0 Å². The summed E-state index contributed by atoms with van der Waals surface area (Å²) in [6.45, 7) is 3.70. The van der Waals surface area contributed by atoms with E-state index < -0.39 is 11.9 Å². The lowest BCUT2D eigenvalue weighted by molar-refractivity contribution is -0.133. The molecular weight excluding hydrogens is 280 g/mol. The van der Waals surface area contributed by atoms with Crippen molar-refractivity contribution in [3.63, 3.8) is 0 Å². The Labute approximate surface area is 128 Å². The van der Waals surface area contributed by atoms with Crippen LogP contribution >= 0.6 is 0 Å². The molecule has 0 spiro atoms. The van der Waals surface area contributed by atoms with Crippen LogP contribution in [-0.2, 0) is 4.79 Å². The molecule has 2 N–H and O–H groups in total. The lowest BCUT2D eigenvalue weighted by atomic mass is 9.81. The van der Waals surface area contributed by atoms with Crippen LogP contribution in [0.3, 0.4) is 0 Å². The van der Waals surface area contributed by atoms with Gasteiger partial charge in [0.2, 0.25) is 0 Å². The van der Waals surface area contributed by atoms with Gasteiger partial charge in [-0.15, -0.1) is 0 Å². The van der Waals surface area contributed by atoms with Crippen LogP contribution in [0.2, 0.25) is 0 Å². The van der Waals surface area contributed by atoms with Gasteiger partial charge < -0.3 is 14.8 Å². The molecule has 0 saturated heterocycles. The van der Waals surface area contributed by atoms with Gasteiger partial charge in [-0.05, 0) is 43.2 Å². The van der Waals surface area contributed by atoms with Crippen LogP contribution in [-0.4, -0.2) is 16.1 Å². The number of carboxylic acids is 1. The number of nitrogens with one attached hydrogen (secondary N) is 1. The Bertz CT molecular complexity index is 758. The number of allylic oxidation sites excluding steroid dienone is 3. The highest BCUT2D eigenvalue weighted by Crippen LogP contribution is 2.43. The summed E-state index contributed by atoms with van der Waals surface area (Å²) in [5.41, 5.74) is 3.56. The van der Waals surface area contributed by atoms with Gasteiger partial charge in [0.1, 0.15) is 5.76 Å². The smallest absolute Gasteiger partial charge is 0.334 e. The molecule has 5 nitrogen and oxygen atoms in total. The predicted molar refractivity (Wildman–Crippen MR) is 81.8 cm³/mol. The van der Waals surface area contributed by atoms with Gasteiger partial charge in [0.15, 0.2) is 0 Å². The van der Waals surface area contributed by atoms with Gasteiger partial charge >= 0.3 is 5.97 Å². The zero-order chi connectivity index (χ0) is 15.7. The number of carboxylic acid groups (broad SMARTS) is 1. The van der Waals surface area contributed by atoms with Crippen molar-refractivity contribution < 1.29 is 14.3 Å². The number of hydrogen-bond donors (Lipinski definition) is 2. The first kappa shape index (κ1) is 14.1. The molecule has 1 unspecified atom stereocenters. The Morgan fingerprint density at radius 1 is 1.27 bits per heavy atom. The fraction of sp³-hybridized carbons (Fsp3) is 0.176. The van der Waals surface area contributed by atoms with Crippen molar-refractivity contribution in [1.82, 2.24) is 10.3 Å². The van der Waals surface area contributed by atoms with Crippen LogP contribution in [0.15, 0.2) is 64.3 Å². The Morgan fingerprint density at radius 2 is 2.09 bits per heavy atom. The van der Waals surface area contributed by atoms with Crippen LogP contribution in [0.4, 0.5) is 0 Å². The molecule has 1 aliphatic rings. The van der Waals surface area contributed by atoms with E-state index in [0.29, 0.717) is 17.0 Å². The van der Waals surface area contributed by atoms with Crippen molar-refractivity contribution in [2.24, 2.45) is 0 Å². The van der Waals surface area contributed by atoms with Crippen molar-refractivity contribution in [3.05, 3.63) is 71.2 Å². The highest BCUT2D eigenvalue weighted by molar-refractivity contribution is 5.96. The molecule has 112 valence electrons. The molecule has 0 radical (unpaired) electrons. The van der Waals surface area contributed by atoms with E-state index in [1.807, 2.05) is 19.1 Å². The molecule has 0 amide bonds. The third-order valence-electron chi connectivity index (χ3n) is 3.79. The molecule has 5 heteroatoms. The fourth-order valence-corrected chi connectivity index (χ4v) is 2.92. The molecule has 1 atom stereocenters. The van der Waals surface area contributed by atoms with Gasteiger partial charge in [0.25, 0.3) is 0 Å². The van der Waals surface area contributed by atoms with E-state index in [9.17, 15) is 9.90 Å². The Hall–Kier alpha value is -2.82. The zero-order valence-corrected chi connectivity index (χ0v) is 12.3. The molecule has 0 aliphatic carbocycles. The number of dihydropyridines is 1. The molecule has 22 heavy (non-hydrogen) atoms. The van der Waals surface area contributed by atoms with Crippen molar-refractivity contribution in [2.45, 2.75) is 19.8 Å². The third kappa shape index (κ3) is 2.30. The monoisotopic (exact) mass is 296 g/mol. The number of aromatic nitrogens is 1. The summed E-state index contributed by atoms with van der Waals surface area (Å²) in [6.07, 6.45) is 4.98. The minimum atomic E-state index is -0.958. The van der Waals surface area contributed by atoms with E-state index in [0.717, 1.165) is 16.8 Å². The van der Waals surface area contributed by atoms with E-state index in [4.69, 9.17) is 4.42 Å². The second kappa shape index (κ2) is 5.52. The van der Waals surface area contributed by atoms with Crippen molar-refractivity contribution >= 4 is 11.5 Å². The van der Waals surface area contributed by atoms with E-state index in [1.165, 1.54) is 0 Å². The SMILES string of the molecule is CC1=C(C(=O)O)C(c2ccco2)C(c2cccnc2)=C(C)N1. The second-order valence-corrected chi connectivity index (χ2v) is 5.20. The number of carbonyl (C=O) groups is 1. The van der Waals surface area contributed by atoms with Gasteiger partial charge in [-0.25, -0.2) is 4.79 Å². The van der Waals surface area contributed by atoms with Crippen LogP contribution in [0, 0.1) is 0 Å². The first-order valence-electron chi connectivity index (χ1n) is 6.95. The molecule has 3 heterocycles. The van der Waals surface area contributed by atoms with Crippen molar-refractivity contribution in [1.29, 1.82) is 0 Å². The minimum Gasteiger partial charge on any atom is -0.478 e. The molecule has 2 aromatic heterocycles. The van der Waals surface area contributed by atoms with Gasteiger partial charge in [-0.3, -0.25) is 4.98 Å². The first-order chi connectivity index (χ1) is 10.6. The highest BCUT2D eigenvalue weighted by atomic mass is 16.4. The largest absolute Gasteiger partial charge is 0.478 e. The third-order valence-corrected chi connectivity index (χ3v) is 3.79. The average molecular weight is 296 g/mol. The predicted octanol–water partition coefficient (Wildman–Crippen LogP) is 3.15. The number of rotatable bonds is 3. The van der Waals surface area contributed by atoms with Gasteiger partial charge in [-0.1, -0.05) is 6.07 Å². The van der Waals surface area contributed by atoms with Gasteiger partial charge in [0, 0.05) is 23.8 Å². The van der Waals surface area contributed by atoms with Gasteiger partial charge in [-0.2, -0.15) is 0 Å². The summed E-state index contributed by atoms with van der Waals surface area (Å²) in [7, 11) is 0. The molecule has 0 bridgehead atoms. The Morgan fingerprint density at radius 3 is 2.68 bits per heavy atom. The number of pyridine rings is 1. The number of aliphatic carboxylic acids is 1. The fourth-order valence-electron chi connectivity index (χ4n) is 2.92. The minimum absolute atomic E-state index is 0.291.